The number of nitrogens with zero attached hydrogens (tertiary/aromatic N) is 1. The molecule has 0 fully saturated rings. The summed E-state index contributed by atoms with van der Waals surface area (Å²) in [6.07, 6.45) is 0. The van der Waals surface area contributed by atoms with Crippen molar-refractivity contribution < 1.29 is 33.2 Å². The van der Waals surface area contributed by atoms with E-state index in [-0.39, 0.29) is 29.7 Å². The minimum Gasteiger partial charge on any atom is -1.00 e. The predicted molar refractivity (Wildman–Crippen MR) is 65.7 cm³/mol. The van der Waals surface area contributed by atoms with Crippen LogP contribution in [0.4, 0.5) is 0 Å². The third-order valence-electron chi connectivity index (χ3n) is 2.37. The van der Waals surface area contributed by atoms with Gasteiger partial charge in [0, 0.05) is 5.56 Å². The van der Waals surface area contributed by atoms with Gasteiger partial charge in [0.05, 0.1) is 0 Å². The summed E-state index contributed by atoms with van der Waals surface area (Å²) < 4.78 is 26.0. The molecule has 0 bridgehead atoms. The quantitative estimate of drug-likeness (QED) is 0.553. The van der Waals surface area contributed by atoms with Crippen LogP contribution in [-0.2, 0) is 10.0 Å². The first-order valence-electron chi connectivity index (χ1n) is 4.93. The van der Waals surface area contributed by atoms with Gasteiger partial charge in [-0.1, -0.05) is 48.5 Å². The molecule has 0 saturated heterocycles. The molecule has 0 aromatic heterocycles. The monoisotopic (exact) mass is 313 g/mol. The molecule has 0 radical (unpaired) electrons. The SMILES string of the molecule is [C-]#[N+]S(=O)(=O)c1ccccc1-c1ccccc1.[Cl-].[Cl-]. The van der Waals surface area contributed by atoms with Crippen LogP contribution in [0.2, 0.25) is 0 Å². The summed E-state index contributed by atoms with van der Waals surface area (Å²) in [5.41, 5.74) is 1.35. The van der Waals surface area contributed by atoms with Gasteiger partial charge in [-0.05, 0) is 11.6 Å². The fourth-order valence-electron chi connectivity index (χ4n) is 1.60. The molecule has 0 saturated carbocycles. The molecule has 2 aromatic carbocycles. The van der Waals surface area contributed by atoms with Gasteiger partial charge in [0.15, 0.2) is 4.90 Å². The molecule has 0 spiro atoms. The van der Waals surface area contributed by atoms with E-state index in [9.17, 15) is 8.42 Å². The van der Waals surface area contributed by atoms with Gasteiger partial charge in [-0.25, -0.2) is 6.57 Å². The summed E-state index contributed by atoms with van der Waals surface area (Å²) in [4.78, 5) is 0.0567. The maximum atomic E-state index is 11.6. The topological polar surface area (TPSA) is 38.5 Å². The van der Waals surface area contributed by atoms with Gasteiger partial charge >= 0.3 is 10.0 Å². The molecule has 2 aromatic rings. The Labute approximate surface area is 125 Å². The van der Waals surface area contributed by atoms with Crippen LogP contribution < -0.4 is 24.8 Å². The second-order valence-electron chi connectivity index (χ2n) is 3.43. The molecule has 2 rings (SSSR count). The van der Waals surface area contributed by atoms with Crippen LogP contribution in [0.5, 0.6) is 0 Å². The summed E-state index contributed by atoms with van der Waals surface area (Å²) in [7, 11) is -3.89. The third kappa shape index (κ3) is 3.71. The fraction of sp³-hybridized carbons (Fsp3) is 0. The van der Waals surface area contributed by atoms with Crippen molar-refractivity contribution >= 4 is 10.0 Å². The Morgan fingerprint density at radius 2 is 1.37 bits per heavy atom. The van der Waals surface area contributed by atoms with Crippen LogP contribution >= 0.6 is 0 Å². The number of benzene rings is 2. The minimum atomic E-state index is -3.89. The van der Waals surface area contributed by atoms with Gasteiger partial charge in [-0.2, -0.15) is 4.25 Å². The van der Waals surface area contributed by atoms with E-state index < -0.39 is 10.0 Å². The van der Waals surface area contributed by atoms with E-state index in [1.807, 2.05) is 30.3 Å². The lowest BCUT2D eigenvalue weighted by Gasteiger charge is -2.03. The summed E-state index contributed by atoms with van der Waals surface area (Å²) in [6, 6.07) is 15.7. The Hall–Kier alpha value is -1.54. The lowest BCUT2D eigenvalue weighted by atomic mass is 10.1. The van der Waals surface area contributed by atoms with E-state index in [0.29, 0.717) is 5.56 Å². The molecule has 19 heavy (non-hydrogen) atoms. The molecule has 0 heterocycles. The van der Waals surface area contributed by atoms with Crippen molar-refractivity contribution in [3.8, 4) is 11.1 Å². The molecule has 0 N–H and O–H groups in total. The van der Waals surface area contributed by atoms with E-state index >= 15 is 0 Å². The summed E-state index contributed by atoms with van der Waals surface area (Å²) in [6.45, 7) is 6.74. The smallest absolute Gasteiger partial charge is 0.469 e. The Morgan fingerprint density at radius 1 is 0.842 bits per heavy atom. The van der Waals surface area contributed by atoms with E-state index in [1.165, 1.54) is 6.07 Å². The molecule has 100 valence electrons. The number of sulfonamides is 1. The standard InChI is InChI=1S/C13H9NO2S.2ClH/c1-14-17(15,16)13-10-6-5-9-12(13)11-7-3-2-4-8-11;;/h2-10H;2*1H/p-2. The zero-order valence-electron chi connectivity index (χ0n) is 9.62. The normalized spacial score (nSPS) is 9.63. The number of hydrogen-bond donors (Lipinski definition) is 0. The van der Waals surface area contributed by atoms with E-state index in [2.05, 4.69) is 4.25 Å². The van der Waals surface area contributed by atoms with Crippen LogP contribution in [0.3, 0.4) is 0 Å². The van der Waals surface area contributed by atoms with Gasteiger partial charge < -0.3 is 24.8 Å². The first kappa shape index (κ1) is 17.5. The average molecular weight is 314 g/mol. The molecule has 0 aliphatic rings. The summed E-state index contributed by atoms with van der Waals surface area (Å²) >= 11 is 0. The molecular formula is C13H9Cl2NO2S-2. The molecule has 0 aliphatic heterocycles. The predicted octanol–water partition coefficient (Wildman–Crippen LogP) is -3.03. The van der Waals surface area contributed by atoms with Crippen LogP contribution in [0.1, 0.15) is 0 Å². The van der Waals surface area contributed by atoms with E-state index in [4.69, 9.17) is 6.57 Å². The van der Waals surface area contributed by atoms with Crippen LogP contribution in [-0.4, -0.2) is 8.42 Å². The van der Waals surface area contributed by atoms with Gasteiger partial charge in [0.2, 0.25) is 0 Å². The first-order valence-corrected chi connectivity index (χ1v) is 6.37. The lowest BCUT2D eigenvalue weighted by Crippen LogP contribution is -3.00. The van der Waals surface area contributed by atoms with E-state index in [0.717, 1.165) is 5.56 Å². The molecule has 0 amide bonds. The Bertz CT molecular complexity index is 679. The van der Waals surface area contributed by atoms with Gasteiger partial charge in [0.1, 0.15) is 0 Å². The van der Waals surface area contributed by atoms with Gasteiger partial charge in [-0.15, -0.1) is 8.42 Å². The van der Waals surface area contributed by atoms with Gasteiger partial charge in [0.25, 0.3) is 0 Å². The highest BCUT2D eigenvalue weighted by Crippen LogP contribution is 2.27. The zero-order chi connectivity index (χ0) is 12.3. The molecule has 0 aliphatic carbocycles. The highest BCUT2D eigenvalue weighted by Gasteiger charge is 2.22. The van der Waals surface area contributed by atoms with Crippen molar-refractivity contribution in [1.82, 2.24) is 0 Å². The van der Waals surface area contributed by atoms with Crippen molar-refractivity contribution in [2.24, 2.45) is 0 Å². The molecule has 0 atom stereocenters. The van der Waals surface area contributed by atoms with Crippen molar-refractivity contribution in [2.45, 2.75) is 4.90 Å². The Kier molecular flexibility index (Phi) is 6.57. The van der Waals surface area contributed by atoms with E-state index in [1.54, 1.807) is 18.2 Å². The zero-order valence-corrected chi connectivity index (χ0v) is 12.0. The second-order valence-corrected chi connectivity index (χ2v) is 5.00. The minimum absolute atomic E-state index is 0. The number of hydrogen-bond acceptors (Lipinski definition) is 2. The molecular weight excluding hydrogens is 305 g/mol. The second kappa shape index (κ2) is 7.15. The lowest BCUT2D eigenvalue weighted by molar-refractivity contribution is -0.00100. The largest absolute Gasteiger partial charge is 1.00 e. The fourth-order valence-corrected chi connectivity index (χ4v) is 2.41. The van der Waals surface area contributed by atoms with Crippen molar-refractivity contribution in [3.63, 3.8) is 0 Å². The average Bonchev–Trinajstić information content (AvgIpc) is 2.40. The highest BCUT2D eigenvalue weighted by atomic mass is 35.5. The molecule has 0 unspecified atom stereocenters. The first-order chi connectivity index (χ1) is 8.15. The van der Waals surface area contributed by atoms with Gasteiger partial charge in [-0.3, -0.25) is 0 Å². The highest BCUT2D eigenvalue weighted by molar-refractivity contribution is 7.93. The molecule has 3 nitrogen and oxygen atoms in total. The van der Waals surface area contributed by atoms with Crippen LogP contribution in [0.15, 0.2) is 59.5 Å². The molecule has 6 heteroatoms. The third-order valence-corrected chi connectivity index (χ3v) is 3.52. The Morgan fingerprint density at radius 3 is 1.95 bits per heavy atom. The number of rotatable bonds is 2. The summed E-state index contributed by atoms with van der Waals surface area (Å²) in [5.74, 6) is 0. The van der Waals surface area contributed by atoms with Crippen molar-refractivity contribution in [2.75, 3.05) is 0 Å². The maximum Gasteiger partial charge on any atom is 0.469 e. The van der Waals surface area contributed by atoms with Crippen molar-refractivity contribution in [3.05, 3.63) is 65.4 Å². The van der Waals surface area contributed by atoms with Crippen LogP contribution in [0, 0.1) is 6.57 Å². The summed E-state index contributed by atoms with van der Waals surface area (Å²) in [5, 5.41) is 0. The Balaban J connectivity index is 0.00000162. The maximum absolute atomic E-state index is 11.6. The van der Waals surface area contributed by atoms with Crippen LogP contribution in [0.25, 0.3) is 15.4 Å². The van der Waals surface area contributed by atoms with Crippen molar-refractivity contribution in [1.29, 1.82) is 0 Å². The number of halogens is 2.